The molecule has 0 saturated heterocycles. The number of hydrogen-bond acceptors (Lipinski definition) is 4. The van der Waals surface area contributed by atoms with Crippen molar-refractivity contribution in [3.8, 4) is 16.9 Å². The van der Waals surface area contributed by atoms with E-state index < -0.39 is 18.2 Å². The van der Waals surface area contributed by atoms with Gasteiger partial charge in [0.2, 0.25) is 0 Å². The molecule has 0 N–H and O–H groups in total. The Morgan fingerprint density at radius 3 is 2.00 bits per heavy atom. The second-order valence-electron chi connectivity index (χ2n) is 8.92. The summed E-state index contributed by atoms with van der Waals surface area (Å²) in [5, 5.41) is 0. The summed E-state index contributed by atoms with van der Waals surface area (Å²) in [5.41, 5.74) is 2.95. The van der Waals surface area contributed by atoms with Gasteiger partial charge in [0.05, 0.1) is 13.7 Å². The fraction of sp³-hybridized carbons (Fsp3) is 0.259. The molecule has 5 nitrogen and oxygen atoms in total. The summed E-state index contributed by atoms with van der Waals surface area (Å²) >= 11 is 0. The Bertz CT molecular complexity index is 1180. The Hall–Kier alpha value is -3.81. The summed E-state index contributed by atoms with van der Waals surface area (Å²) in [5.74, 6) is -2.22. The molecule has 184 valence electrons. The number of para-hydroxylation sites is 1. The zero-order valence-electron chi connectivity index (χ0n) is 19.8. The van der Waals surface area contributed by atoms with Crippen LogP contribution in [0, 0.1) is 0 Å². The van der Waals surface area contributed by atoms with Gasteiger partial charge in [-0.25, -0.2) is 4.79 Å². The molecule has 1 amide bonds. The van der Waals surface area contributed by atoms with Gasteiger partial charge in [-0.3, -0.25) is 9.69 Å². The van der Waals surface area contributed by atoms with Gasteiger partial charge in [-0.05, 0) is 40.3 Å². The predicted molar refractivity (Wildman–Crippen MR) is 127 cm³/mol. The van der Waals surface area contributed by atoms with Crippen molar-refractivity contribution >= 4 is 17.6 Å². The standard InChI is InChI=1S/C27H26F3NO4/c1-26(2,3)20-13-9-18(10-14-20)17-31(24(32)25(33)34-4)21-15-11-19(12-16-21)22-7-5-6-8-23(22)35-27(28,29)30/h5-16H,17H2,1-4H3. The molecule has 35 heavy (non-hydrogen) atoms. The minimum Gasteiger partial charge on any atom is -0.462 e. The van der Waals surface area contributed by atoms with Crippen LogP contribution in [0.4, 0.5) is 18.9 Å². The van der Waals surface area contributed by atoms with Crippen LogP contribution in [-0.2, 0) is 26.3 Å². The maximum Gasteiger partial charge on any atom is 0.573 e. The second kappa shape index (κ2) is 10.2. The number of alkyl halides is 3. The highest BCUT2D eigenvalue weighted by molar-refractivity contribution is 6.38. The van der Waals surface area contributed by atoms with Crippen molar-refractivity contribution in [1.82, 2.24) is 0 Å². The highest BCUT2D eigenvalue weighted by Crippen LogP contribution is 2.34. The van der Waals surface area contributed by atoms with E-state index in [2.05, 4.69) is 30.2 Å². The van der Waals surface area contributed by atoms with Crippen molar-refractivity contribution in [2.45, 2.75) is 39.1 Å². The Kier molecular flexibility index (Phi) is 7.53. The van der Waals surface area contributed by atoms with Gasteiger partial charge in [-0.1, -0.05) is 75.4 Å². The molecular weight excluding hydrogens is 459 g/mol. The molecule has 0 unspecified atom stereocenters. The van der Waals surface area contributed by atoms with Crippen LogP contribution in [0.5, 0.6) is 5.75 Å². The maximum atomic E-state index is 12.8. The molecule has 3 rings (SSSR count). The number of esters is 1. The molecule has 3 aromatic carbocycles. The lowest BCUT2D eigenvalue weighted by atomic mass is 9.87. The molecule has 0 aromatic heterocycles. The van der Waals surface area contributed by atoms with Gasteiger partial charge in [-0.15, -0.1) is 13.2 Å². The van der Waals surface area contributed by atoms with Crippen LogP contribution in [0.15, 0.2) is 72.8 Å². The maximum absolute atomic E-state index is 12.8. The number of ether oxygens (including phenoxy) is 2. The minimum absolute atomic E-state index is 0.0397. The normalized spacial score (nSPS) is 11.6. The highest BCUT2D eigenvalue weighted by Gasteiger charge is 2.32. The second-order valence-corrected chi connectivity index (χ2v) is 8.92. The molecule has 0 radical (unpaired) electrons. The third-order valence-corrected chi connectivity index (χ3v) is 5.37. The van der Waals surface area contributed by atoms with Gasteiger partial charge >= 0.3 is 18.2 Å². The van der Waals surface area contributed by atoms with Crippen LogP contribution < -0.4 is 9.64 Å². The van der Waals surface area contributed by atoms with E-state index in [1.54, 1.807) is 30.3 Å². The SMILES string of the molecule is COC(=O)C(=O)N(Cc1ccc(C(C)(C)C)cc1)c1ccc(-c2ccccc2OC(F)(F)F)cc1. The van der Waals surface area contributed by atoms with Crippen LogP contribution in [-0.4, -0.2) is 25.3 Å². The average Bonchev–Trinajstić information content (AvgIpc) is 2.81. The minimum atomic E-state index is -4.83. The molecule has 0 fully saturated rings. The van der Waals surface area contributed by atoms with Crippen molar-refractivity contribution in [3.63, 3.8) is 0 Å². The number of methoxy groups -OCH3 is 1. The molecule has 0 bridgehead atoms. The zero-order chi connectivity index (χ0) is 25.8. The molecule has 0 aliphatic rings. The van der Waals surface area contributed by atoms with Crippen molar-refractivity contribution in [2.24, 2.45) is 0 Å². The van der Waals surface area contributed by atoms with Crippen molar-refractivity contribution in [3.05, 3.63) is 83.9 Å². The fourth-order valence-electron chi connectivity index (χ4n) is 3.51. The van der Waals surface area contributed by atoms with Gasteiger partial charge in [0.15, 0.2) is 0 Å². The van der Waals surface area contributed by atoms with Crippen molar-refractivity contribution in [1.29, 1.82) is 0 Å². The van der Waals surface area contributed by atoms with Crippen molar-refractivity contribution < 1.29 is 32.2 Å². The quantitative estimate of drug-likeness (QED) is 0.316. The first-order valence-corrected chi connectivity index (χ1v) is 10.8. The molecule has 0 spiro atoms. The highest BCUT2D eigenvalue weighted by atomic mass is 19.4. The van der Waals surface area contributed by atoms with Gasteiger partial charge in [0.25, 0.3) is 0 Å². The molecule has 0 saturated carbocycles. The smallest absolute Gasteiger partial charge is 0.462 e. The van der Waals surface area contributed by atoms with Gasteiger partial charge in [0, 0.05) is 11.3 Å². The van der Waals surface area contributed by atoms with Crippen LogP contribution in [0.3, 0.4) is 0 Å². The number of hydrogen-bond donors (Lipinski definition) is 0. The van der Waals surface area contributed by atoms with Gasteiger partial charge in [0.1, 0.15) is 5.75 Å². The number of rotatable bonds is 5. The number of carbonyl (C=O) groups is 2. The summed E-state index contributed by atoms with van der Waals surface area (Å²) in [6, 6.07) is 19.7. The molecule has 8 heteroatoms. The van der Waals surface area contributed by atoms with Crippen molar-refractivity contribution in [2.75, 3.05) is 12.0 Å². The molecule has 0 aliphatic heterocycles. The van der Waals surface area contributed by atoms with Crippen LogP contribution >= 0.6 is 0 Å². The topological polar surface area (TPSA) is 55.8 Å². The molecule has 0 heterocycles. The van der Waals surface area contributed by atoms with E-state index in [0.717, 1.165) is 18.2 Å². The van der Waals surface area contributed by atoms with E-state index >= 15 is 0 Å². The molecule has 0 atom stereocenters. The first-order valence-electron chi connectivity index (χ1n) is 10.8. The Morgan fingerprint density at radius 1 is 0.857 bits per heavy atom. The first kappa shape index (κ1) is 25.8. The van der Waals surface area contributed by atoms with Gasteiger partial charge < -0.3 is 9.47 Å². The van der Waals surface area contributed by atoms with E-state index in [0.29, 0.717) is 11.3 Å². The van der Waals surface area contributed by atoms with E-state index in [9.17, 15) is 22.8 Å². The Labute approximate surface area is 202 Å². The molecular formula is C27H26F3NO4. The van der Waals surface area contributed by atoms with Crippen LogP contribution in [0.25, 0.3) is 11.1 Å². The summed E-state index contributed by atoms with van der Waals surface area (Å²) < 4.78 is 47.1. The van der Waals surface area contributed by atoms with Gasteiger partial charge in [-0.2, -0.15) is 0 Å². The number of nitrogens with zero attached hydrogens (tertiary/aromatic N) is 1. The lowest BCUT2D eigenvalue weighted by Gasteiger charge is -2.23. The number of benzene rings is 3. The largest absolute Gasteiger partial charge is 0.573 e. The van der Waals surface area contributed by atoms with E-state index in [-0.39, 0.29) is 23.3 Å². The molecule has 0 aliphatic carbocycles. The number of carbonyl (C=O) groups excluding carboxylic acids is 2. The third-order valence-electron chi connectivity index (χ3n) is 5.37. The lowest BCUT2D eigenvalue weighted by molar-refractivity contribution is -0.274. The summed E-state index contributed by atoms with van der Waals surface area (Å²) in [4.78, 5) is 26.1. The monoisotopic (exact) mass is 485 g/mol. The van der Waals surface area contributed by atoms with E-state index in [1.807, 2.05) is 24.3 Å². The van der Waals surface area contributed by atoms with Crippen LogP contribution in [0.2, 0.25) is 0 Å². The molecule has 3 aromatic rings. The Morgan fingerprint density at radius 2 is 1.46 bits per heavy atom. The first-order chi connectivity index (χ1) is 16.4. The number of anilines is 1. The lowest BCUT2D eigenvalue weighted by Crippen LogP contribution is -2.36. The van der Waals surface area contributed by atoms with E-state index in [4.69, 9.17) is 0 Å². The summed E-state index contributed by atoms with van der Waals surface area (Å²) in [6.07, 6.45) is -4.83. The summed E-state index contributed by atoms with van der Waals surface area (Å²) in [7, 11) is 1.12. The Balaban J connectivity index is 1.93. The number of halogens is 3. The summed E-state index contributed by atoms with van der Waals surface area (Å²) in [6.45, 7) is 6.38. The number of amides is 1. The zero-order valence-corrected chi connectivity index (χ0v) is 19.8. The van der Waals surface area contributed by atoms with Crippen LogP contribution in [0.1, 0.15) is 31.9 Å². The fourth-order valence-corrected chi connectivity index (χ4v) is 3.51. The van der Waals surface area contributed by atoms with E-state index in [1.165, 1.54) is 23.1 Å². The third kappa shape index (κ3) is 6.62. The predicted octanol–water partition coefficient (Wildman–Crippen LogP) is 6.26. The average molecular weight is 486 g/mol.